The van der Waals surface area contributed by atoms with Gasteiger partial charge >= 0.3 is 0 Å². The monoisotopic (exact) mass is 349 g/mol. The minimum Gasteiger partial charge on any atom is -0.459 e. The molecule has 1 aliphatic rings. The number of furan rings is 1. The highest BCUT2D eigenvalue weighted by Gasteiger charge is 2.23. The number of amides is 1. The highest BCUT2D eigenvalue weighted by atomic mass is 16.3. The molecule has 1 aliphatic heterocycles. The van der Waals surface area contributed by atoms with Crippen molar-refractivity contribution in [3.8, 4) is 0 Å². The summed E-state index contributed by atoms with van der Waals surface area (Å²) < 4.78 is 5.91. The molecule has 3 heterocycles. The van der Waals surface area contributed by atoms with Gasteiger partial charge in [-0.25, -0.2) is 4.98 Å². The van der Waals surface area contributed by atoms with Gasteiger partial charge in [0.05, 0.1) is 12.1 Å². The van der Waals surface area contributed by atoms with E-state index in [1.54, 1.807) is 6.20 Å². The zero-order valence-corrected chi connectivity index (χ0v) is 15.0. The fraction of sp³-hybridized carbons (Fsp3) is 0.333. The van der Waals surface area contributed by atoms with E-state index < -0.39 is 0 Å². The second-order valence-corrected chi connectivity index (χ2v) is 6.83. The Kier molecular flexibility index (Phi) is 4.61. The Morgan fingerprint density at radius 1 is 1.15 bits per heavy atom. The van der Waals surface area contributed by atoms with Crippen LogP contribution in [0.25, 0.3) is 11.0 Å². The van der Waals surface area contributed by atoms with Gasteiger partial charge < -0.3 is 14.2 Å². The number of carbonyl (C=O) groups excluding carboxylic acids is 1. The third-order valence-electron chi connectivity index (χ3n) is 4.89. The minimum atomic E-state index is 0.0734. The van der Waals surface area contributed by atoms with E-state index in [1.807, 2.05) is 59.3 Å². The lowest BCUT2D eigenvalue weighted by atomic mass is 10.1. The molecular formula is C21H23N3O2. The van der Waals surface area contributed by atoms with E-state index >= 15 is 0 Å². The molecule has 0 unspecified atom stereocenters. The molecule has 0 spiro atoms. The molecule has 5 heteroatoms. The van der Waals surface area contributed by atoms with Crippen molar-refractivity contribution in [1.82, 2.24) is 9.88 Å². The smallest absolute Gasteiger partial charge is 0.257 e. The lowest BCUT2D eigenvalue weighted by molar-refractivity contribution is 0.0724. The maximum atomic E-state index is 13.0. The molecule has 0 radical (unpaired) electrons. The number of pyridine rings is 1. The molecule has 5 nitrogen and oxygen atoms in total. The van der Waals surface area contributed by atoms with Crippen LogP contribution in [0, 0.1) is 0 Å². The molecule has 0 aliphatic carbocycles. The van der Waals surface area contributed by atoms with Crippen molar-refractivity contribution in [3.63, 3.8) is 0 Å². The van der Waals surface area contributed by atoms with Crippen LogP contribution in [-0.2, 0) is 6.54 Å². The number of piperidine rings is 1. The van der Waals surface area contributed by atoms with Crippen molar-refractivity contribution in [2.24, 2.45) is 0 Å². The zero-order valence-electron chi connectivity index (χ0n) is 15.0. The molecule has 2 aromatic heterocycles. The van der Waals surface area contributed by atoms with Crippen LogP contribution in [0.5, 0.6) is 0 Å². The van der Waals surface area contributed by atoms with Gasteiger partial charge in [-0.05, 0) is 43.5 Å². The van der Waals surface area contributed by atoms with E-state index in [0.29, 0.717) is 17.9 Å². The molecule has 0 bridgehead atoms. The average Bonchev–Trinajstić information content (AvgIpc) is 3.10. The summed E-state index contributed by atoms with van der Waals surface area (Å²) in [5, 5.41) is 1.08. The zero-order chi connectivity index (χ0) is 17.9. The van der Waals surface area contributed by atoms with Crippen LogP contribution in [0.2, 0.25) is 0 Å². The molecule has 0 atom stereocenters. The molecule has 0 N–H and O–H groups in total. The van der Waals surface area contributed by atoms with Crippen molar-refractivity contribution >= 4 is 22.7 Å². The van der Waals surface area contributed by atoms with Crippen LogP contribution in [0.3, 0.4) is 0 Å². The largest absolute Gasteiger partial charge is 0.459 e. The number of carbonyl (C=O) groups is 1. The maximum absolute atomic E-state index is 13.0. The van der Waals surface area contributed by atoms with Gasteiger partial charge in [0.2, 0.25) is 0 Å². The number of fused-ring (bicyclic) bond motifs is 1. The van der Waals surface area contributed by atoms with Crippen molar-refractivity contribution in [2.75, 3.05) is 25.0 Å². The van der Waals surface area contributed by atoms with Gasteiger partial charge in [-0.2, -0.15) is 0 Å². The van der Waals surface area contributed by atoms with E-state index in [4.69, 9.17) is 4.42 Å². The Labute approximate surface area is 153 Å². The van der Waals surface area contributed by atoms with Crippen LogP contribution in [0.15, 0.2) is 53.1 Å². The van der Waals surface area contributed by atoms with Gasteiger partial charge in [0.1, 0.15) is 17.2 Å². The average molecular weight is 349 g/mol. The van der Waals surface area contributed by atoms with E-state index in [0.717, 1.165) is 42.7 Å². The Bertz CT molecular complexity index is 879. The Morgan fingerprint density at radius 2 is 1.96 bits per heavy atom. The highest BCUT2D eigenvalue weighted by Crippen LogP contribution is 2.24. The molecule has 1 aromatic carbocycles. The van der Waals surface area contributed by atoms with Crippen molar-refractivity contribution in [3.05, 3.63) is 60.0 Å². The van der Waals surface area contributed by atoms with Crippen molar-refractivity contribution in [1.29, 1.82) is 0 Å². The summed E-state index contributed by atoms with van der Waals surface area (Å²) in [6, 6.07) is 13.7. The molecule has 1 fully saturated rings. The Balaban J connectivity index is 1.57. The number of para-hydroxylation sites is 1. The first-order valence-corrected chi connectivity index (χ1v) is 9.15. The quantitative estimate of drug-likeness (QED) is 0.712. The Morgan fingerprint density at radius 3 is 2.77 bits per heavy atom. The second kappa shape index (κ2) is 7.20. The molecule has 0 saturated carbocycles. The van der Waals surface area contributed by atoms with Crippen LogP contribution >= 0.6 is 0 Å². The van der Waals surface area contributed by atoms with Crippen molar-refractivity contribution in [2.45, 2.75) is 25.8 Å². The van der Waals surface area contributed by atoms with Gasteiger partial charge in [-0.3, -0.25) is 4.79 Å². The number of nitrogens with zero attached hydrogens (tertiary/aromatic N) is 3. The number of hydrogen-bond donors (Lipinski definition) is 0. The first kappa shape index (κ1) is 16.6. The molecular weight excluding hydrogens is 326 g/mol. The van der Waals surface area contributed by atoms with Crippen LogP contribution in [-0.4, -0.2) is 35.9 Å². The minimum absolute atomic E-state index is 0.0734. The van der Waals surface area contributed by atoms with E-state index in [1.165, 1.54) is 6.42 Å². The highest BCUT2D eigenvalue weighted by molar-refractivity contribution is 5.99. The topological polar surface area (TPSA) is 49.6 Å². The molecule has 4 rings (SSSR count). The standard InChI is InChI=1S/C21H23N3O2/c1-23(15-17-14-16-8-3-4-10-19(16)26-17)20-18(9-7-11-22-20)21(25)24-12-5-2-6-13-24/h3-4,7-11,14H,2,5-6,12-13,15H2,1H3. The molecule has 26 heavy (non-hydrogen) atoms. The first-order valence-electron chi connectivity index (χ1n) is 9.15. The number of rotatable bonds is 4. The summed E-state index contributed by atoms with van der Waals surface area (Å²) in [4.78, 5) is 21.4. The lowest BCUT2D eigenvalue weighted by Crippen LogP contribution is -2.36. The number of aromatic nitrogens is 1. The second-order valence-electron chi connectivity index (χ2n) is 6.83. The summed E-state index contributed by atoms with van der Waals surface area (Å²) in [6.07, 6.45) is 5.10. The molecule has 1 amide bonds. The molecule has 3 aromatic rings. The summed E-state index contributed by atoms with van der Waals surface area (Å²) in [7, 11) is 1.95. The maximum Gasteiger partial charge on any atom is 0.257 e. The number of likely N-dealkylation sites (tertiary alicyclic amines) is 1. The fourth-order valence-corrected chi connectivity index (χ4v) is 3.56. The van der Waals surface area contributed by atoms with Gasteiger partial charge in [0.25, 0.3) is 5.91 Å². The Hall–Kier alpha value is -2.82. The number of hydrogen-bond acceptors (Lipinski definition) is 4. The first-order chi connectivity index (χ1) is 12.7. The van der Waals surface area contributed by atoms with Gasteiger partial charge in [-0.1, -0.05) is 18.2 Å². The summed E-state index contributed by atoms with van der Waals surface area (Å²) in [5.74, 6) is 1.63. The van der Waals surface area contributed by atoms with Gasteiger partial charge in [-0.15, -0.1) is 0 Å². The molecule has 1 saturated heterocycles. The van der Waals surface area contributed by atoms with Crippen LogP contribution < -0.4 is 4.90 Å². The van der Waals surface area contributed by atoms with Crippen molar-refractivity contribution < 1.29 is 9.21 Å². The van der Waals surface area contributed by atoms with E-state index in [-0.39, 0.29) is 5.91 Å². The van der Waals surface area contributed by atoms with Crippen LogP contribution in [0.4, 0.5) is 5.82 Å². The lowest BCUT2D eigenvalue weighted by Gasteiger charge is -2.28. The van der Waals surface area contributed by atoms with Crippen LogP contribution in [0.1, 0.15) is 35.4 Å². The third-order valence-corrected chi connectivity index (χ3v) is 4.89. The normalized spacial score (nSPS) is 14.6. The third kappa shape index (κ3) is 3.29. The summed E-state index contributed by atoms with van der Waals surface area (Å²) in [5.41, 5.74) is 1.54. The van der Waals surface area contributed by atoms with Gasteiger partial charge in [0, 0.05) is 31.7 Å². The predicted molar refractivity (Wildman–Crippen MR) is 102 cm³/mol. The van der Waals surface area contributed by atoms with Gasteiger partial charge in [0.15, 0.2) is 0 Å². The predicted octanol–water partition coefficient (Wildman–Crippen LogP) is 4.09. The molecule has 134 valence electrons. The summed E-state index contributed by atoms with van der Waals surface area (Å²) in [6.45, 7) is 2.23. The van der Waals surface area contributed by atoms with E-state index in [9.17, 15) is 4.79 Å². The number of benzene rings is 1. The van der Waals surface area contributed by atoms with E-state index in [2.05, 4.69) is 4.98 Å². The SMILES string of the molecule is CN(Cc1cc2ccccc2o1)c1ncccc1C(=O)N1CCCCC1. The number of anilines is 1. The fourth-order valence-electron chi connectivity index (χ4n) is 3.56. The summed E-state index contributed by atoms with van der Waals surface area (Å²) >= 11 is 0.